The number of nitro groups is 1. The average Bonchev–Trinajstić information content (AvgIpc) is 3.13. The summed E-state index contributed by atoms with van der Waals surface area (Å²) in [5, 5.41) is 17.2. The summed E-state index contributed by atoms with van der Waals surface area (Å²) in [6.07, 6.45) is 0. The Kier molecular flexibility index (Phi) is 6.26. The van der Waals surface area contributed by atoms with Crippen LogP contribution in [-0.4, -0.2) is 24.0 Å². The van der Waals surface area contributed by atoms with Crippen molar-refractivity contribution in [3.05, 3.63) is 88.0 Å². The molecule has 0 radical (unpaired) electrons. The SMILES string of the molecule is CCOc1cc2c(cc1OCC)/C(=C(/Nc1ccc([N+](=O)[O-])cc1)c1ccccc1)C(=O)N2. The Morgan fingerprint density at radius 3 is 2.21 bits per heavy atom. The molecule has 1 amide bonds. The summed E-state index contributed by atoms with van der Waals surface area (Å²) in [6, 6.07) is 19.1. The van der Waals surface area contributed by atoms with Gasteiger partial charge in [0.15, 0.2) is 11.5 Å². The van der Waals surface area contributed by atoms with Crippen molar-refractivity contribution in [3.8, 4) is 11.5 Å². The lowest BCUT2D eigenvalue weighted by Gasteiger charge is -2.16. The zero-order valence-corrected chi connectivity index (χ0v) is 18.3. The second kappa shape index (κ2) is 9.44. The standard InChI is InChI=1S/C25H23N3O5/c1-3-32-21-14-19-20(15-22(21)33-4-2)27-25(29)23(19)24(16-8-6-5-7-9-16)26-17-10-12-18(13-11-17)28(30)31/h5-15,26H,3-4H2,1-2H3,(H,27,29)/b24-23-. The Bertz CT molecular complexity index is 1220. The van der Waals surface area contributed by atoms with Crippen molar-refractivity contribution >= 4 is 34.2 Å². The maximum atomic E-state index is 13.1. The molecule has 0 atom stereocenters. The normalized spacial score (nSPS) is 13.7. The first kappa shape index (κ1) is 21.9. The molecule has 3 aromatic carbocycles. The highest BCUT2D eigenvalue weighted by Gasteiger charge is 2.30. The van der Waals surface area contributed by atoms with Gasteiger partial charge in [0, 0.05) is 29.4 Å². The number of amides is 1. The molecule has 1 aliphatic heterocycles. The zero-order valence-electron chi connectivity index (χ0n) is 18.3. The molecule has 8 nitrogen and oxygen atoms in total. The molecular weight excluding hydrogens is 422 g/mol. The first-order valence-corrected chi connectivity index (χ1v) is 10.6. The van der Waals surface area contributed by atoms with Crippen LogP contribution >= 0.6 is 0 Å². The number of nitrogens with zero attached hydrogens (tertiary/aromatic N) is 1. The van der Waals surface area contributed by atoms with Crippen LogP contribution in [0.4, 0.5) is 17.1 Å². The van der Waals surface area contributed by atoms with Crippen LogP contribution in [-0.2, 0) is 4.79 Å². The number of carbonyl (C=O) groups is 1. The number of hydrogen-bond acceptors (Lipinski definition) is 6. The monoisotopic (exact) mass is 445 g/mol. The quantitative estimate of drug-likeness (QED) is 0.276. The highest BCUT2D eigenvalue weighted by atomic mass is 16.6. The fourth-order valence-electron chi connectivity index (χ4n) is 3.66. The van der Waals surface area contributed by atoms with Gasteiger partial charge in [-0.2, -0.15) is 0 Å². The average molecular weight is 445 g/mol. The Labute approximate surface area is 191 Å². The third kappa shape index (κ3) is 4.50. The van der Waals surface area contributed by atoms with Crippen LogP contribution in [0.1, 0.15) is 25.0 Å². The maximum absolute atomic E-state index is 13.1. The lowest BCUT2D eigenvalue weighted by Crippen LogP contribution is -2.10. The molecule has 1 heterocycles. The zero-order chi connectivity index (χ0) is 23.4. The largest absolute Gasteiger partial charge is 0.490 e. The van der Waals surface area contributed by atoms with Gasteiger partial charge in [0.25, 0.3) is 11.6 Å². The number of rotatable bonds is 8. The molecule has 33 heavy (non-hydrogen) atoms. The van der Waals surface area contributed by atoms with Crippen molar-refractivity contribution < 1.29 is 19.2 Å². The number of benzene rings is 3. The molecule has 168 valence electrons. The van der Waals surface area contributed by atoms with E-state index in [-0.39, 0.29) is 11.6 Å². The number of carbonyl (C=O) groups excluding carboxylic acids is 1. The molecule has 1 aliphatic rings. The minimum absolute atomic E-state index is 0.0109. The van der Waals surface area contributed by atoms with Gasteiger partial charge in [-0.3, -0.25) is 14.9 Å². The van der Waals surface area contributed by atoms with Crippen molar-refractivity contribution in [2.45, 2.75) is 13.8 Å². The molecule has 0 saturated carbocycles. The minimum Gasteiger partial charge on any atom is -0.490 e. The van der Waals surface area contributed by atoms with Crippen molar-refractivity contribution in [3.63, 3.8) is 0 Å². The Hall–Kier alpha value is -4.33. The topological polar surface area (TPSA) is 103 Å². The molecule has 0 fully saturated rings. The van der Waals surface area contributed by atoms with Gasteiger partial charge in [0.05, 0.1) is 35.1 Å². The van der Waals surface area contributed by atoms with Crippen LogP contribution in [0.5, 0.6) is 11.5 Å². The third-order valence-corrected chi connectivity index (χ3v) is 5.09. The highest BCUT2D eigenvalue weighted by Crippen LogP contribution is 2.43. The molecule has 0 aromatic heterocycles. The molecular formula is C25H23N3O5. The van der Waals surface area contributed by atoms with Crippen molar-refractivity contribution in [1.29, 1.82) is 0 Å². The van der Waals surface area contributed by atoms with Crippen molar-refractivity contribution in [1.82, 2.24) is 0 Å². The fraction of sp³-hybridized carbons (Fsp3) is 0.160. The van der Waals surface area contributed by atoms with E-state index in [4.69, 9.17) is 9.47 Å². The minimum atomic E-state index is -0.452. The van der Waals surface area contributed by atoms with Crippen LogP contribution in [0.3, 0.4) is 0 Å². The number of anilines is 2. The summed E-state index contributed by atoms with van der Waals surface area (Å²) in [7, 11) is 0. The van der Waals surface area contributed by atoms with Gasteiger partial charge in [-0.05, 0) is 37.6 Å². The first-order valence-electron chi connectivity index (χ1n) is 10.6. The summed E-state index contributed by atoms with van der Waals surface area (Å²) in [6.45, 7) is 4.68. The van der Waals surface area contributed by atoms with Gasteiger partial charge < -0.3 is 20.1 Å². The second-order valence-corrected chi connectivity index (χ2v) is 7.21. The third-order valence-electron chi connectivity index (χ3n) is 5.09. The van der Waals surface area contributed by atoms with Gasteiger partial charge in [-0.25, -0.2) is 0 Å². The van der Waals surface area contributed by atoms with E-state index in [1.54, 1.807) is 24.3 Å². The molecule has 0 aliphatic carbocycles. The van der Waals surface area contributed by atoms with E-state index < -0.39 is 4.92 Å². The number of ether oxygens (including phenoxy) is 2. The van der Waals surface area contributed by atoms with Crippen molar-refractivity contribution in [2.75, 3.05) is 23.8 Å². The second-order valence-electron chi connectivity index (χ2n) is 7.21. The molecule has 8 heteroatoms. The number of nitro benzene ring substituents is 1. The van der Waals surface area contributed by atoms with Gasteiger partial charge in [0.2, 0.25) is 0 Å². The smallest absolute Gasteiger partial charge is 0.269 e. The van der Waals surface area contributed by atoms with Crippen LogP contribution in [0.15, 0.2) is 66.7 Å². The summed E-state index contributed by atoms with van der Waals surface area (Å²) < 4.78 is 11.5. The first-order chi connectivity index (χ1) is 16.0. The lowest BCUT2D eigenvalue weighted by atomic mass is 9.99. The molecule has 0 spiro atoms. The molecule has 0 saturated heterocycles. The summed E-state index contributed by atoms with van der Waals surface area (Å²) in [5.74, 6) is 0.841. The summed E-state index contributed by atoms with van der Waals surface area (Å²) in [5.41, 5.74) is 3.72. The van der Waals surface area contributed by atoms with Crippen molar-refractivity contribution in [2.24, 2.45) is 0 Å². The summed E-state index contributed by atoms with van der Waals surface area (Å²) in [4.78, 5) is 23.7. The van der Waals surface area contributed by atoms with E-state index in [0.717, 1.165) is 5.56 Å². The fourth-order valence-corrected chi connectivity index (χ4v) is 3.66. The molecule has 3 aromatic rings. The van der Waals surface area contributed by atoms with E-state index in [0.29, 0.717) is 52.9 Å². The highest BCUT2D eigenvalue weighted by molar-refractivity contribution is 6.37. The van der Waals surface area contributed by atoms with Crippen LogP contribution in [0.25, 0.3) is 11.3 Å². The van der Waals surface area contributed by atoms with Gasteiger partial charge in [-0.15, -0.1) is 0 Å². The Balaban J connectivity index is 1.86. The predicted molar refractivity (Wildman–Crippen MR) is 127 cm³/mol. The van der Waals surface area contributed by atoms with Gasteiger partial charge in [0.1, 0.15) is 0 Å². The van der Waals surface area contributed by atoms with Gasteiger partial charge >= 0.3 is 0 Å². The van der Waals surface area contributed by atoms with Crippen LogP contribution < -0.4 is 20.1 Å². The summed E-state index contributed by atoms with van der Waals surface area (Å²) >= 11 is 0. The van der Waals surface area contributed by atoms with E-state index in [2.05, 4.69) is 10.6 Å². The van der Waals surface area contributed by atoms with Crippen LogP contribution in [0.2, 0.25) is 0 Å². The van der Waals surface area contributed by atoms with Gasteiger partial charge in [-0.1, -0.05) is 30.3 Å². The number of non-ortho nitro benzene ring substituents is 1. The molecule has 0 unspecified atom stereocenters. The molecule has 0 bridgehead atoms. The van der Waals surface area contributed by atoms with Crippen LogP contribution in [0, 0.1) is 10.1 Å². The lowest BCUT2D eigenvalue weighted by molar-refractivity contribution is -0.384. The number of fused-ring (bicyclic) bond motifs is 1. The Morgan fingerprint density at radius 1 is 0.970 bits per heavy atom. The van der Waals surface area contributed by atoms with E-state index in [1.165, 1.54) is 12.1 Å². The molecule has 4 rings (SSSR count). The number of nitrogens with one attached hydrogen (secondary N) is 2. The molecule has 2 N–H and O–H groups in total. The predicted octanol–water partition coefficient (Wildman–Crippen LogP) is 5.32. The maximum Gasteiger partial charge on any atom is 0.269 e. The number of hydrogen-bond donors (Lipinski definition) is 2. The van der Waals surface area contributed by atoms with E-state index in [1.807, 2.05) is 44.2 Å². The van der Waals surface area contributed by atoms with E-state index >= 15 is 0 Å². The Morgan fingerprint density at radius 2 is 1.61 bits per heavy atom. The van der Waals surface area contributed by atoms with E-state index in [9.17, 15) is 14.9 Å².